The number of hydrogen-bond donors (Lipinski definition) is 0. The van der Waals surface area contributed by atoms with Crippen LogP contribution in [0.25, 0.3) is 0 Å². The minimum atomic E-state index is -1.81. The maximum atomic E-state index is 11.3. The molecule has 0 unspecified atom stereocenters. The third-order valence-corrected chi connectivity index (χ3v) is 16.0. The van der Waals surface area contributed by atoms with Crippen LogP contribution in [-0.4, -0.2) is 57.9 Å². The predicted octanol–water partition coefficient (Wildman–Crippen LogP) is 3.98. The van der Waals surface area contributed by atoms with E-state index in [0.717, 1.165) is 24.9 Å². The van der Waals surface area contributed by atoms with Gasteiger partial charge in [-0.05, 0) is 0 Å². The molecule has 0 rings (SSSR count). The zero-order valence-electron chi connectivity index (χ0n) is 17.6. The monoisotopic (exact) mass is 476 g/mol. The van der Waals surface area contributed by atoms with E-state index in [4.69, 9.17) is 16.4 Å². The summed E-state index contributed by atoms with van der Waals surface area (Å²) in [5.41, 5.74) is 0.841. The van der Waals surface area contributed by atoms with Gasteiger partial charge in [-0.1, -0.05) is 0 Å². The second kappa shape index (κ2) is 12.7. The van der Waals surface area contributed by atoms with Crippen molar-refractivity contribution in [2.45, 2.75) is 65.0 Å². The zero-order chi connectivity index (χ0) is 21.1. The number of hydrogen-bond acceptors (Lipinski definition) is 6. The van der Waals surface area contributed by atoms with Crippen molar-refractivity contribution in [2.75, 3.05) is 13.2 Å². The topological polar surface area (TPSA) is 71.1 Å². The molecule has 27 heavy (non-hydrogen) atoms. The Balaban J connectivity index is 3.98. The zero-order valence-corrected chi connectivity index (χ0v) is 21.7. The first-order valence-corrected chi connectivity index (χ1v) is 17.1. The molecular weight excluding hydrogens is 441 g/mol. The van der Waals surface area contributed by atoms with Gasteiger partial charge in [0.25, 0.3) is 0 Å². The van der Waals surface area contributed by atoms with Crippen molar-refractivity contribution in [1.82, 2.24) is 0 Å². The molecule has 0 saturated heterocycles. The molecule has 0 aromatic rings. The second-order valence-electron chi connectivity index (χ2n) is 7.85. The third-order valence-electron chi connectivity index (χ3n) is 3.65. The van der Waals surface area contributed by atoms with Gasteiger partial charge in [-0.3, -0.25) is 0 Å². The van der Waals surface area contributed by atoms with Gasteiger partial charge in [0.15, 0.2) is 0 Å². The van der Waals surface area contributed by atoms with E-state index in [1.165, 1.54) is 0 Å². The van der Waals surface area contributed by atoms with Gasteiger partial charge in [0.1, 0.15) is 0 Å². The number of carbonyl (C=O) groups is 2. The average molecular weight is 475 g/mol. The van der Waals surface area contributed by atoms with Crippen LogP contribution in [0.2, 0.25) is 38.3 Å². The average Bonchev–Trinajstić information content (AvgIpc) is 2.54. The fraction of sp³-hybridized carbons (Fsp3) is 0.667. The van der Waals surface area contributed by atoms with E-state index in [1.807, 2.05) is 0 Å². The van der Waals surface area contributed by atoms with Gasteiger partial charge in [0.05, 0.1) is 0 Å². The first kappa shape index (κ1) is 26.3. The van der Waals surface area contributed by atoms with Crippen LogP contribution in [0.1, 0.15) is 26.7 Å². The van der Waals surface area contributed by atoms with E-state index < -0.39 is 32.7 Å². The van der Waals surface area contributed by atoms with Gasteiger partial charge in [-0.25, -0.2) is 0 Å². The normalized spacial score (nSPS) is 11.8. The van der Waals surface area contributed by atoms with Crippen molar-refractivity contribution in [3.8, 4) is 0 Å². The summed E-state index contributed by atoms with van der Waals surface area (Å²) in [4.78, 5) is 22.7. The molecule has 0 amide bonds. The van der Waals surface area contributed by atoms with Crippen LogP contribution >= 0.6 is 0 Å². The molecule has 6 nitrogen and oxygen atoms in total. The summed E-state index contributed by atoms with van der Waals surface area (Å²) in [5.74, 6) is -0.678. The standard InChI is InChI=1S/C18H34GeO6Si2/c1-15(2)17(20)22-11-9-13-26(5,6)24-19-25-27(7,8)14-10-12-23-18(21)16(3)4/h1,3,9-14H2,2,4-8H3. The summed E-state index contributed by atoms with van der Waals surface area (Å²) in [5, 5.41) is 0. The molecule has 2 radical (unpaired) electrons. The van der Waals surface area contributed by atoms with E-state index in [2.05, 4.69) is 39.3 Å². The molecule has 0 aliphatic carbocycles. The minimum absolute atomic E-state index is 0.339. The fourth-order valence-electron chi connectivity index (χ4n) is 1.92. The van der Waals surface area contributed by atoms with E-state index in [0.29, 0.717) is 24.4 Å². The first-order chi connectivity index (χ1) is 12.4. The summed E-state index contributed by atoms with van der Waals surface area (Å²) >= 11 is -0.910. The molecule has 0 fully saturated rings. The molecule has 0 aliphatic rings. The Bertz CT molecular complexity index is 488. The van der Waals surface area contributed by atoms with Crippen LogP contribution in [0, 0.1) is 0 Å². The van der Waals surface area contributed by atoms with Gasteiger partial charge in [0.2, 0.25) is 0 Å². The molecule has 0 saturated carbocycles. The summed E-state index contributed by atoms with van der Waals surface area (Å²) in [6, 6.07) is 1.84. The molecular formula is C18H34GeO6Si2. The molecule has 0 aliphatic heterocycles. The fourth-order valence-corrected chi connectivity index (χ4v) is 9.65. The summed E-state index contributed by atoms with van der Waals surface area (Å²) < 4.78 is 22.5. The van der Waals surface area contributed by atoms with Gasteiger partial charge in [-0.2, -0.15) is 0 Å². The van der Waals surface area contributed by atoms with Crippen molar-refractivity contribution >= 4 is 44.7 Å². The van der Waals surface area contributed by atoms with Crippen LogP contribution in [0.4, 0.5) is 0 Å². The van der Waals surface area contributed by atoms with Crippen LogP contribution in [-0.2, 0) is 26.0 Å². The number of rotatable bonds is 14. The molecule has 0 aromatic carbocycles. The Labute approximate surface area is 173 Å². The van der Waals surface area contributed by atoms with Crippen LogP contribution < -0.4 is 0 Å². The molecule has 0 atom stereocenters. The van der Waals surface area contributed by atoms with Crippen molar-refractivity contribution in [2.24, 2.45) is 0 Å². The molecule has 0 N–H and O–H groups in total. The Kier molecular flexibility index (Phi) is 12.4. The molecule has 154 valence electrons. The van der Waals surface area contributed by atoms with Crippen molar-refractivity contribution in [3.63, 3.8) is 0 Å². The number of carbonyl (C=O) groups excluding carboxylic acids is 2. The molecule has 0 spiro atoms. The maximum absolute atomic E-state index is 11.3. The van der Waals surface area contributed by atoms with Crippen molar-refractivity contribution in [3.05, 3.63) is 24.3 Å². The first-order valence-electron chi connectivity index (χ1n) is 9.12. The Morgan fingerprint density at radius 2 is 1.11 bits per heavy atom. The molecule has 9 heteroatoms. The van der Waals surface area contributed by atoms with Gasteiger partial charge < -0.3 is 0 Å². The van der Waals surface area contributed by atoms with Gasteiger partial charge in [-0.15, -0.1) is 0 Å². The second-order valence-corrected chi connectivity index (χ2v) is 19.2. The Morgan fingerprint density at radius 3 is 1.41 bits per heavy atom. The SMILES string of the molecule is C=C(C)C(=O)OCCC[Si](C)(C)[O][Ge][O][Si](C)(C)CCCOC(=O)C(=C)C. The van der Waals surface area contributed by atoms with E-state index in [9.17, 15) is 9.59 Å². The third kappa shape index (κ3) is 14.0. The summed E-state index contributed by atoms with van der Waals surface area (Å²) in [6.45, 7) is 19.8. The summed E-state index contributed by atoms with van der Waals surface area (Å²) in [7, 11) is -3.62. The van der Waals surface area contributed by atoms with Gasteiger partial charge >= 0.3 is 173 Å². The Hall–Kier alpha value is -0.683. The number of esters is 2. The molecule has 0 bridgehead atoms. The van der Waals surface area contributed by atoms with Crippen molar-refractivity contribution < 1.29 is 26.0 Å². The predicted molar refractivity (Wildman–Crippen MR) is 113 cm³/mol. The summed E-state index contributed by atoms with van der Waals surface area (Å²) in [6.07, 6.45) is 1.58. The van der Waals surface area contributed by atoms with Gasteiger partial charge in [0, 0.05) is 0 Å². The van der Waals surface area contributed by atoms with E-state index in [1.54, 1.807) is 13.8 Å². The van der Waals surface area contributed by atoms with Crippen LogP contribution in [0.5, 0.6) is 0 Å². The number of ether oxygens (including phenoxy) is 2. The molecule has 0 aromatic heterocycles. The Morgan fingerprint density at radius 1 is 0.778 bits per heavy atom. The van der Waals surface area contributed by atoms with E-state index >= 15 is 0 Å². The van der Waals surface area contributed by atoms with Crippen molar-refractivity contribution in [1.29, 1.82) is 0 Å². The van der Waals surface area contributed by atoms with E-state index in [-0.39, 0.29) is 11.9 Å². The van der Waals surface area contributed by atoms with Crippen LogP contribution in [0.15, 0.2) is 24.3 Å². The molecule has 0 heterocycles. The van der Waals surface area contributed by atoms with Crippen LogP contribution in [0.3, 0.4) is 0 Å². The quantitative estimate of drug-likeness (QED) is 0.164.